The van der Waals surface area contributed by atoms with Gasteiger partial charge in [-0.1, -0.05) is 27.7 Å². The monoisotopic (exact) mass is 154 g/mol. The van der Waals surface area contributed by atoms with E-state index in [1.165, 1.54) is 6.42 Å². The predicted molar refractivity (Wildman–Crippen MR) is 50.5 cm³/mol. The van der Waals surface area contributed by atoms with E-state index in [2.05, 4.69) is 13.8 Å². The highest BCUT2D eigenvalue weighted by Gasteiger charge is 2.41. The molecule has 2 atom stereocenters. The van der Waals surface area contributed by atoms with Crippen LogP contribution in [0.15, 0.2) is 0 Å². The van der Waals surface area contributed by atoms with Crippen LogP contribution in [0.2, 0.25) is 0 Å². The van der Waals surface area contributed by atoms with Crippen LogP contribution in [0.4, 0.5) is 0 Å². The van der Waals surface area contributed by atoms with E-state index in [0.717, 1.165) is 23.7 Å². The van der Waals surface area contributed by atoms with Crippen molar-refractivity contribution in [2.75, 3.05) is 0 Å². The Balaban J connectivity index is 0.000000281. The smallest absolute Gasteiger partial charge is 0.0381 e. The first-order chi connectivity index (χ1) is 5.27. The second kappa shape index (κ2) is 3.60. The molecule has 0 radical (unpaired) electrons. The maximum Gasteiger partial charge on any atom is -0.0381 e. The molecule has 0 saturated heterocycles. The summed E-state index contributed by atoms with van der Waals surface area (Å²) in [5.41, 5.74) is 0. The lowest BCUT2D eigenvalue weighted by atomic mass is 9.57. The summed E-state index contributed by atoms with van der Waals surface area (Å²) in [6, 6.07) is 0. The van der Waals surface area contributed by atoms with Gasteiger partial charge in [0.15, 0.2) is 0 Å². The molecular weight excluding hydrogens is 132 g/mol. The SMILES string of the molecule is CC.CC1CC2CC(C2)C1C. The quantitative estimate of drug-likeness (QED) is 0.499. The average molecular weight is 154 g/mol. The molecule has 2 bridgehead atoms. The predicted octanol–water partition coefficient (Wildman–Crippen LogP) is 3.71. The van der Waals surface area contributed by atoms with Gasteiger partial charge < -0.3 is 0 Å². The van der Waals surface area contributed by atoms with Gasteiger partial charge in [-0.3, -0.25) is 0 Å². The standard InChI is InChI=1S/C9H16.C2H6/c1-6-3-8-4-9(5-8)7(6)2;1-2/h6-9H,3-5H2,1-2H3;1-2H3. The molecule has 0 aromatic heterocycles. The Hall–Kier alpha value is 0. The van der Waals surface area contributed by atoms with Crippen LogP contribution in [0.3, 0.4) is 0 Å². The van der Waals surface area contributed by atoms with Gasteiger partial charge >= 0.3 is 0 Å². The van der Waals surface area contributed by atoms with Gasteiger partial charge in [0.25, 0.3) is 0 Å². The van der Waals surface area contributed by atoms with Crippen molar-refractivity contribution >= 4 is 0 Å². The fraction of sp³-hybridized carbons (Fsp3) is 1.00. The van der Waals surface area contributed by atoms with Crippen LogP contribution in [-0.4, -0.2) is 0 Å². The van der Waals surface area contributed by atoms with Crippen molar-refractivity contribution in [3.8, 4) is 0 Å². The summed E-state index contributed by atoms with van der Waals surface area (Å²) in [5.74, 6) is 4.33. The summed E-state index contributed by atoms with van der Waals surface area (Å²) in [6.07, 6.45) is 4.65. The van der Waals surface area contributed by atoms with E-state index in [9.17, 15) is 0 Å². The molecule has 3 aliphatic rings. The molecule has 2 unspecified atom stereocenters. The molecule has 3 rings (SSSR count). The van der Waals surface area contributed by atoms with Gasteiger partial charge in [0.2, 0.25) is 0 Å². The largest absolute Gasteiger partial charge is 0.0683 e. The molecule has 0 aromatic rings. The minimum Gasteiger partial charge on any atom is -0.0683 e. The highest BCUT2D eigenvalue weighted by Crippen LogP contribution is 2.51. The zero-order valence-corrected chi connectivity index (χ0v) is 8.43. The van der Waals surface area contributed by atoms with Gasteiger partial charge in [-0.25, -0.2) is 0 Å². The molecule has 11 heavy (non-hydrogen) atoms. The van der Waals surface area contributed by atoms with E-state index >= 15 is 0 Å². The first-order valence-electron chi connectivity index (χ1n) is 5.27. The summed E-state index contributed by atoms with van der Waals surface area (Å²) in [7, 11) is 0. The van der Waals surface area contributed by atoms with Gasteiger partial charge in [0, 0.05) is 0 Å². The Bertz CT molecular complexity index is 109. The van der Waals surface area contributed by atoms with E-state index in [0.29, 0.717) is 0 Å². The van der Waals surface area contributed by atoms with Crippen LogP contribution in [0.5, 0.6) is 0 Å². The summed E-state index contributed by atoms with van der Waals surface area (Å²) in [6.45, 7) is 8.85. The van der Waals surface area contributed by atoms with Gasteiger partial charge in [-0.15, -0.1) is 0 Å². The van der Waals surface area contributed by atoms with Crippen LogP contribution >= 0.6 is 0 Å². The Morgan fingerprint density at radius 2 is 1.45 bits per heavy atom. The third kappa shape index (κ3) is 1.60. The molecule has 0 N–H and O–H groups in total. The topological polar surface area (TPSA) is 0 Å². The fourth-order valence-corrected chi connectivity index (χ4v) is 2.61. The minimum atomic E-state index is 1.03. The second-order valence-corrected chi connectivity index (χ2v) is 4.17. The van der Waals surface area contributed by atoms with E-state index in [-0.39, 0.29) is 0 Å². The van der Waals surface area contributed by atoms with Crippen molar-refractivity contribution in [2.45, 2.75) is 47.0 Å². The maximum absolute atomic E-state index is 2.44. The number of rotatable bonds is 0. The third-order valence-corrected chi connectivity index (χ3v) is 3.62. The first-order valence-corrected chi connectivity index (χ1v) is 5.27. The highest BCUT2D eigenvalue weighted by atomic mass is 14.5. The van der Waals surface area contributed by atoms with E-state index in [4.69, 9.17) is 0 Å². The van der Waals surface area contributed by atoms with Crippen molar-refractivity contribution in [3.63, 3.8) is 0 Å². The molecule has 0 amide bonds. The second-order valence-electron chi connectivity index (χ2n) is 4.17. The molecule has 0 aliphatic heterocycles. The average Bonchev–Trinajstić information content (AvgIpc) is 1.96. The van der Waals surface area contributed by atoms with Crippen molar-refractivity contribution in [1.29, 1.82) is 0 Å². The van der Waals surface area contributed by atoms with Crippen LogP contribution < -0.4 is 0 Å². The van der Waals surface area contributed by atoms with E-state index in [1.54, 1.807) is 12.8 Å². The van der Waals surface area contributed by atoms with Crippen LogP contribution in [0, 0.1) is 23.7 Å². The molecule has 3 fully saturated rings. The third-order valence-electron chi connectivity index (χ3n) is 3.62. The molecule has 3 saturated carbocycles. The molecule has 0 heteroatoms. The molecule has 0 aromatic carbocycles. The summed E-state index contributed by atoms with van der Waals surface area (Å²) in [5, 5.41) is 0. The fourth-order valence-electron chi connectivity index (χ4n) is 2.61. The molecule has 66 valence electrons. The Labute approximate surface area is 71.4 Å². The normalized spacial score (nSPS) is 46.9. The zero-order valence-electron chi connectivity index (χ0n) is 8.43. The van der Waals surface area contributed by atoms with Crippen molar-refractivity contribution in [1.82, 2.24) is 0 Å². The van der Waals surface area contributed by atoms with Gasteiger partial charge in [-0.05, 0) is 42.9 Å². The number of fused-ring (bicyclic) bond motifs is 2. The van der Waals surface area contributed by atoms with Crippen molar-refractivity contribution < 1.29 is 0 Å². The molecular formula is C11H22. The van der Waals surface area contributed by atoms with Crippen LogP contribution in [0.1, 0.15) is 47.0 Å². The lowest BCUT2D eigenvalue weighted by Gasteiger charge is -2.49. The zero-order chi connectivity index (χ0) is 8.43. The maximum atomic E-state index is 2.44. The van der Waals surface area contributed by atoms with E-state index in [1.807, 2.05) is 13.8 Å². The minimum absolute atomic E-state index is 1.03. The van der Waals surface area contributed by atoms with Crippen molar-refractivity contribution in [2.24, 2.45) is 23.7 Å². The molecule has 0 spiro atoms. The lowest BCUT2D eigenvalue weighted by molar-refractivity contribution is 0.0154. The van der Waals surface area contributed by atoms with Crippen LogP contribution in [-0.2, 0) is 0 Å². The van der Waals surface area contributed by atoms with Crippen LogP contribution in [0.25, 0.3) is 0 Å². The van der Waals surface area contributed by atoms with Gasteiger partial charge in [-0.2, -0.15) is 0 Å². The molecule has 0 nitrogen and oxygen atoms in total. The summed E-state index contributed by atoms with van der Waals surface area (Å²) < 4.78 is 0. The lowest BCUT2D eigenvalue weighted by Crippen LogP contribution is -2.39. The summed E-state index contributed by atoms with van der Waals surface area (Å²) in [4.78, 5) is 0. The van der Waals surface area contributed by atoms with Crippen molar-refractivity contribution in [3.05, 3.63) is 0 Å². The van der Waals surface area contributed by atoms with Gasteiger partial charge in [0.1, 0.15) is 0 Å². The Morgan fingerprint density at radius 3 is 1.73 bits per heavy atom. The highest BCUT2D eigenvalue weighted by molar-refractivity contribution is 4.91. The molecule has 3 aliphatic carbocycles. The Kier molecular flexibility index (Phi) is 2.98. The number of hydrogen-bond donors (Lipinski definition) is 0. The van der Waals surface area contributed by atoms with Gasteiger partial charge in [0.05, 0.1) is 0 Å². The first kappa shape index (κ1) is 9.09. The molecule has 0 heterocycles. The summed E-state index contributed by atoms with van der Waals surface area (Å²) >= 11 is 0. The Morgan fingerprint density at radius 1 is 0.909 bits per heavy atom. The number of hydrogen-bond acceptors (Lipinski definition) is 0. The van der Waals surface area contributed by atoms with E-state index < -0.39 is 0 Å².